The lowest BCUT2D eigenvalue weighted by molar-refractivity contribution is 0.172. The van der Waals surface area contributed by atoms with E-state index in [0.717, 1.165) is 38.4 Å². The molecule has 3 aromatic rings. The van der Waals surface area contributed by atoms with Crippen molar-refractivity contribution in [3.8, 4) is 22.9 Å². The molecule has 0 unspecified atom stereocenters. The van der Waals surface area contributed by atoms with E-state index in [-0.39, 0.29) is 0 Å². The van der Waals surface area contributed by atoms with Gasteiger partial charge in [0.15, 0.2) is 11.5 Å². The quantitative estimate of drug-likeness (QED) is 0.723. The number of nitrogens with zero attached hydrogens (tertiary/aromatic N) is 1. The number of aromatic amines is 1. The molecule has 0 amide bonds. The third-order valence-corrected chi connectivity index (χ3v) is 4.65. The molecule has 2 heterocycles. The minimum atomic E-state index is 0.583. The van der Waals surface area contributed by atoms with Gasteiger partial charge in [-0.2, -0.15) is 0 Å². The molecule has 2 aromatic carbocycles. The standard InChI is InChI=1S/C16H13BrN2O2/c1-9-3-2-4-10(15(9)17)16-18-11-7-13-14(8-12(11)19-16)21-6-5-20-13/h2-4,7-8H,5-6H2,1H3,(H,18,19). The lowest BCUT2D eigenvalue weighted by Gasteiger charge is -2.17. The van der Waals surface area contributed by atoms with Gasteiger partial charge in [0.1, 0.15) is 19.0 Å². The van der Waals surface area contributed by atoms with Gasteiger partial charge in [0.05, 0.1) is 11.0 Å². The molecule has 0 saturated heterocycles. The number of imidazole rings is 1. The second-order valence-electron chi connectivity index (χ2n) is 5.03. The Morgan fingerprint density at radius 3 is 2.71 bits per heavy atom. The zero-order valence-corrected chi connectivity index (χ0v) is 13.0. The molecule has 1 aromatic heterocycles. The first-order chi connectivity index (χ1) is 10.2. The first-order valence-electron chi connectivity index (χ1n) is 6.77. The lowest BCUT2D eigenvalue weighted by atomic mass is 10.1. The molecule has 106 valence electrons. The number of rotatable bonds is 1. The Labute approximate surface area is 130 Å². The maximum absolute atomic E-state index is 5.61. The number of benzene rings is 2. The Balaban J connectivity index is 1.89. The second kappa shape index (κ2) is 4.77. The lowest BCUT2D eigenvalue weighted by Crippen LogP contribution is -2.15. The van der Waals surface area contributed by atoms with Crippen molar-refractivity contribution in [1.29, 1.82) is 0 Å². The van der Waals surface area contributed by atoms with Gasteiger partial charge in [-0.1, -0.05) is 18.2 Å². The van der Waals surface area contributed by atoms with Crippen molar-refractivity contribution in [2.75, 3.05) is 13.2 Å². The summed E-state index contributed by atoms with van der Waals surface area (Å²) in [4.78, 5) is 8.03. The van der Waals surface area contributed by atoms with Crippen LogP contribution in [0.3, 0.4) is 0 Å². The maximum atomic E-state index is 5.61. The van der Waals surface area contributed by atoms with Crippen LogP contribution in [0.5, 0.6) is 11.5 Å². The van der Waals surface area contributed by atoms with Crippen molar-refractivity contribution in [2.45, 2.75) is 6.92 Å². The highest BCUT2D eigenvalue weighted by Gasteiger charge is 2.16. The number of hydrogen-bond donors (Lipinski definition) is 1. The molecule has 0 saturated carbocycles. The number of H-pyrrole nitrogens is 1. The SMILES string of the molecule is Cc1cccc(-c2nc3cc4c(cc3[nH]2)OCCO4)c1Br. The van der Waals surface area contributed by atoms with Gasteiger partial charge in [0.2, 0.25) is 0 Å². The number of aryl methyl sites for hydroxylation is 1. The van der Waals surface area contributed by atoms with Crippen molar-refractivity contribution >= 4 is 27.0 Å². The van der Waals surface area contributed by atoms with E-state index in [1.54, 1.807) is 0 Å². The predicted octanol–water partition coefficient (Wildman–Crippen LogP) is 4.07. The van der Waals surface area contributed by atoms with Crippen LogP contribution in [0.2, 0.25) is 0 Å². The van der Waals surface area contributed by atoms with E-state index < -0.39 is 0 Å². The highest BCUT2D eigenvalue weighted by atomic mass is 79.9. The first kappa shape index (κ1) is 12.7. The number of halogens is 1. The van der Waals surface area contributed by atoms with E-state index in [1.807, 2.05) is 24.3 Å². The normalized spacial score (nSPS) is 13.6. The van der Waals surface area contributed by atoms with E-state index >= 15 is 0 Å². The summed E-state index contributed by atoms with van der Waals surface area (Å²) in [5, 5.41) is 0. The van der Waals surface area contributed by atoms with Gasteiger partial charge in [0.25, 0.3) is 0 Å². The van der Waals surface area contributed by atoms with Crippen LogP contribution in [0.4, 0.5) is 0 Å². The van der Waals surface area contributed by atoms with Gasteiger partial charge >= 0.3 is 0 Å². The number of nitrogens with one attached hydrogen (secondary N) is 1. The van der Waals surface area contributed by atoms with Crippen LogP contribution in [0, 0.1) is 6.92 Å². The molecule has 1 aliphatic heterocycles. The number of aromatic nitrogens is 2. The van der Waals surface area contributed by atoms with Crippen molar-refractivity contribution in [1.82, 2.24) is 9.97 Å². The highest BCUT2D eigenvalue weighted by molar-refractivity contribution is 9.10. The molecule has 0 bridgehead atoms. The van der Waals surface area contributed by atoms with E-state index in [9.17, 15) is 0 Å². The summed E-state index contributed by atoms with van der Waals surface area (Å²) in [7, 11) is 0. The summed E-state index contributed by atoms with van der Waals surface area (Å²) in [5.74, 6) is 2.37. The average molecular weight is 345 g/mol. The number of fused-ring (bicyclic) bond motifs is 2. The van der Waals surface area contributed by atoms with Crippen molar-refractivity contribution in [3.63, 3.8) is 0 Å². The van der Waals surface area contributed by atoms with Gasteiger partial charge < -0.3 is 14.5 Å². The molecule has 5 heteroatoms. The Bertz CT molecular complexity index is 799. The molecule has 0 atom stereocenters. The predicted molar refractivity (Wildman–Crippen MR) is 85.0 cm³/mol. The summed E-state index contributed by atoms with van der Waals surface area (Å²) in [5.41, 5.74) is 4.05. The number of hydrogen-bond acceptors (Lipinski definition) is 3. The van der Waals surface area contributed by atoms with Crippen LogP contribution >= 0.6 is 15.9 Å². The summed E-state index contributed by atoms with van der Waals surface area (Å²) < 4.78 is 12.3. The van der Waals surface area contributed by atoms with Crippen molar-refractivity contribution < 1.29 is 9.47 Å². The van der Waals surface area contributed by atoms with Gasteiger partial charge in [-0.15, -0.1) is 0 Å². The van der Waals surface area contributed by atoms with Crippen LogP contribution < -0.4 is 9.47 Å². The molecular formula is C16H13BrN2O2. The maximum Gasteiger partial charge on any atom is 0.163 e. The van der Waals surface area contributed by atoms with Gasteiger partial charge in [-0.3, -0.25) is 0 Å². The molecule has 1 aliphatic rings. The van der Waals surface area contributed by atoms with Crippen molar-refractivity contribution in [3.05, 3.63) is 40.4 Å². The molecule has 0 aliphatic carbocycles. The average Bonchev–Trinajstić information content (AvgIpc) is 2.90. The van der Waals surface area contributed by atoms with E-state index in [2.05, 4.69) is 38.9 Å². The van der Waals surface area contributed by atoms with E-state index in [0.29, 0.717) is 13.2 Å². The fourth-order valence-electron chi connectivity index (χ4n) is 2.50. The summed E-state index contributed by atoms with van der Waals surface area (Å²) in [6.45, 7) is 3.23. The second-order valence-corrected chi connectivity index (χ2v) is 5.83. The van der Waals surface area contributed by atoms with Crippen LogP contribution in [0.25, 0.3) is 22.4 Å². The van der Waals surface area contributed by atoms with Gasteiger partial charge in [0, 0.05) is 22.2 Å². The Hall–Kier alpha value is -2.01. The third-order valence-electron chi connectivity index (χ3n) is 3.59. The summed E-state index contributed by atoms with van der Waals surface area (Å²) in [6.07, 6.45) is 0. The fourth-order valence-corrected chi connectivity index (χ4v) is 2.96. The molecule has 21 heavy (non-hydrogen) atoms. The molecule has 0 fully saturated rings. The first-order valence-corrected chi connectivity index (χ1v) is 7.56. The molecular weight excluding hydrogens is 332 g/mol. The largest absolute Gasteiger partial charge is 0.486 e. The number of ether oxygens (including phenoxy) is 2. The van der Waals surface area contributed by atoms with E-state index in [1.165, 1.54) is 5.56 Å². The molecule has 4 nitrogen and oxygen atoms in total. The van der Waals surface area contributed by atoms with E-state index in [4.69, 9.17) is 9.47 Å². The van der Waals surface area contributed by atoms with Crippen LogP contribution in [0.1, 0.15) is 5.56 Å². The Kier molecular flexibility index (Phi) is 2.89. The molecule has 0 radical (unpaired) electrons. The van der Waals surface area contributed by atoms with Crippen LogP contribution in [0.15, 0.2) is 34.8 Å². The third kappa shape index (κ3) is 2.08. The molecule has 4 rings (SSSR count). The Morgan fingerprint density at radius 2 is 1.90 bits per heavy atom. The summed E-state index contributed by atoms with van der Waals surface area (Å²) >= 11 is 3.63. The zero-order chi connectivity index (χ0) is 14.4. The monoisotopic (exact) mass is 344 g/mol. The summed E-state index contributed by atoms with van der Waals surface area (Å²) in [6, 6.07) is 10.0. The molecule has 0 spiro atoms. The van der Waals surface area contributed by atoms with Crippen LogP contribution in [-0.2, 0) is 0 Å². The molecule has 1 N–H and O–H groups in total. The zero-order valence-electron chi connectivity index (χ0n) is 11.4. The minimum absolute atomic E-state index is 0.583. The van der Waals surface area contributed by atoms with Crippen LogP contribution in [-0.4, -0.2) is 23.2 Å². The van der Waals surface area contributed by atoms with Gasteiger partial charge in [-0.25, -0.2) is 4.98 Å². The minimum Gasteiger partial charge on any atom is -0.486 e. The Morgan fingerprint density at radius 1 is 1.14 bits per heavy atom. The van der Waals surface area contributed by atoms with Crippen molar-refractivity contribution in [2.24, 2.45) is 0 Å². The fraction of sp³-hybridized carbons (Fsp3) is 0.188. The highest BCUT2D eigenvalue weighted by Crippen LogP contribution is 2.36. The van der Waals surface area contributed by atoms with Gasteiger partial charge in [-0.05, 0) is 28.4 Å². The smallest absolute Gasteiger partial charge is 0.163 e. The topological polar surface area (TPSA) is 47.1 Å².